The van der Waals surface area contributed by atoms with Gasteiger partial charge in [-0.25, -0.2) is 0 Å². The molecule has 0 spiro atoms. The SMILES string of the molecule is CCC1CC2=C(OC(N)=C(C#N)C2c2ccc(SC)cc2)/C(=C/c2ccc(SC)cc2)C1. The first kappa shape index (κ1) is 22.6. The summed E-state index contributed by atoms with van der Waals surface area (Å²) >= 11 is 3.45. The van der Waals surface area contributed by atoms with E-state index in [0.717, 1.165) is 36.1 Å². The number of nitrogens with zero attached hydrogens (tertiary/aromatic N) is 1. The molecule has 32 heavy (non-hydrogen) atoms. The normalized spacial score (nSPS) is 21.9. The van der Waals surface area contributed by atoms with E-state index in [2.05, 4.69) is 80.1 Å². The average Bonchev–Trinajstić information content (AvgIpc) is 2.84. The van der Waals surface area contributed by atoms with Crippen molar-refractivity contribution in [2.45, 2.75) is 41.9 Å². The lowest BCUT2D eigenvalue weighted by molar-refractivity contribution is 0.265. The third-order valence-corrected chi connectivity index (χ3v) is 7.81. The van der Waals surface area contributed by atoms with Gasteiger partial charge in [0.15, 0.2) is 0 Å². The Balaban J connectivity index is 1.82. The van der Waals surface area contributed by atoms with E-state index in [9.17, 15) is 5.26 Å². The van der Waals surface area contributed by atoms with Crippen molar-refractivity contribution in [1.29, 1.82) is 5.26 Å². The van der Waals surface area contributed by atoms with E-state index in [0.29, 0.717) is 11.5 Å². The van der Waals surface area contributed by atoms with Crippen molar-refractivity contribution < 1.29 is 4.74 Å². The molecule has 2 aliphatic rings. The van der Waals surface area contributed by atoms with Crippen molar-refractivity contribution in [2.75, 3.05) is 12.5 Å². The molecule has 2 aromatic carbocycles. The Labute approximate surface area is 199 Å². The van der Waals surface area contributed by atoms with Crippen LogP contribution in [0.3, 0.4) is 0 Å². The maximum absolute atomic E-state index is 9.95. The Morgan fingerprint density at radius 3 is 2.22 bits per heavy atom. The Morgan fingerprint density at radius 2 is 1.66 bits per heavy atom. The molecule has 164 valence electrons. The highest BCUT2D eigenvalue weighted by Crippen LogP contribution is 2.49. The third-order valence-electron chi connectivity index (χ3n) is 6.32. The summed E-state index contributed by atoms with van der Waals surface area (Å²) < 4.78 is 6.15. The molecule has 3 nitrogen and oxygen atoms in total. The first-order valence-corrected chi connectivity index (χ1v) is 13.3. The molecular formula is C27H28N2OS2. The molecule has 0 radical (unpaired) electrons. The molecule has 2 atom stereocenters. The van der Waals surface area contributed by atoms with Gasteiger partial charge in [-0.2, -0.15) is 5.26 Å². The van der Waals surface area contributed by atoms with Gasteiger partial charge in [0.05, 0.1) is 0 Å². The number of allylic oxidation sites excluding steroid dienone is 3. The fourth-order valence-corrected chi connectivity index (χ4v) is 5.36. The molecule has 0 fully saturated rings. The summed E-state index contributed by atoms with van der Waals surface area (Å²) in [6.45, 7) is 2.24. The van der Waals surface area contributed by atoms with Gasteiger partial charge in [-0.15, -0.1) is 23.5 Å². The lowest BCUT2D eigenvalue weighted by Crippen LogP contribution is -2.26. The monoisotopic (exact) mass is 460 g/mol. The average molecular weight is 461 g/mol. The van der Waals surface area contributed by atoms with Crippen LogP contribution in [-0.2, 0) is 4.74 Å². The molecule has 0 saturated heterocycles. The van der Waals surface area contributed by atoms with Crippen LogP contribution in [0.4, 0.5) is 0 Å². The highest BCUT2D eigenvalue weighted by Gasteiger charge is 2.37. The smallest absolute Gasteiger partial charge is 0.205 e. The zero-order chi connectivity index (χ0) is 22.7. The lowest BCUT2D eigenvalue weighted by Gasteiger charge is -2.36. The van der Waals surface area contributed by atoms with Crippen LogP contribution in [-0.4, -0.2) is 12.5 Å². The first-order chi connectivity index (χ1) is 15.6. The van der Waals surface area contributed by atoms with Gasteiger partial charge in [-0.05, 0) is 83.9 Å². The first-order valence-electron chi connectivity index (χ1n) is 10.9. The van der Waals surface area contributed by atoms with Crippen LogP contribution in [0, 0.1) is 17.2 Å². The van der Waals surface area contributed by atoms with Crippen molar-refractivity contribution in [1.82, 2.24) is 0 Å². The van der Waals surface area contributed by atoms with Crippen LogP contribution in [0.25, 0.3) is 6.08 Å². The van der Waals surface area contributed by atoms with E-state index < -0.39 is 0 Å². The summed E-state index contributed by atoms with van der Waals surface area (Å²) in [7, 11) is 0. The second-order valence-electron chi connectivity index (χ2n) is 8.18. The summed E-state index contributed by atoms with van der Waals surface area (Å²) in [5.74, 6) is 1.44. The molecule has 0 bridgehead atoms. The molecule has 2 aromatic rings. The van der Waals surface area contributed by atoms with Gasteiger partial charge in [-0.1, -0.05) is 37.6 Å². The minimum atomic E-state index is -0.156. The molecule has 2 N–H and O–H groups in total. The Bertz CT molecular complexity index is 1120. The Morgan fingerprint density at radius 1 is 1.03 bits per heavy atom. The minimum absolute atomic E-state index is 0.156. The molecule has 2 unspecified atom stereocenters. The molecule has 1 aliphatic heterocycles. The van der Waals surface area contributed by atoms with Crippen molar-refractivity contribution >= 4 is 29.6 Å². The molecule has 0 saturated carbocycles. The fraction of sp³-hybridized carbons (Fsp3) is 0.296. The maximum Gasteiger partial charge on any atom is 0.205 e. The number of hydrogen-bond donors (Lipinski definition) is 1. The Hall–Kier alpha value is -2.55. The van der Waals surface area contributed by atoms with Crippen molar-refractivity contribution in [3.63, 3.8) is 0 Å². The van der Waals surface area contributed by atoms with Crippen molar-refractivity contribution in [3.8, 4) is 6.07 Å². The molecule has 0 aromatic heterocycles. The number of thioether (sulfide) groups is 2. The lowest BCUT2D eigenvalue weighted by atomic mass is 9.73. The number of nitrogens with two attached hydrogens (primary N) is 1. The van der Waals surface area contributed by atoms with Gasteiger partial charge in [0.25, 0.3) is 0 Å². The number of rotatable bonds is 5. The summed E-state index contributed by atoms with van der Waals surface area (Å²) in [6.07, 6.45) is 9.33. The zero-order valence-corrected chi connectivity index (χ0v) is 20.4. The molecule has 4 rings (SSSR count). The van der Waals surface area contributed by atoms with Crippen LogP contribution in [0.2, 0.25) is 0 Å². The Kier molecular flexibility index (Phi) is 7.03. The van der Waals surface area contributed by atoms with Gasteiger partial charge in [0.2, 0.25) is 5.88 Å². The van der Waals surface area contributed by atoms with Gasteiger partial charge < -0.3 is 10.5 Å². The highest BCUT2D eigenvalue weighted by atomic mass is 32.2. The quantitative estimate of drug-likeness (QED) is 0.482. The van der Waals surface area contributed by atoms with E-state index in [4.69, 9.17) is 10.5 Å². The zero-order valence-electron chi connectivity index (χ0n) is 18.7. The van der Waals surface area contributed by atoms with Gasteiger partial charge in [-0.3, -0.25) is 0 Å². The number of ether oxygens (including phenoxy) is 1. The summed E-state index contributed by atoms with van der Waals surface area (Å²) in [5, 5.41) is 9.95. The van der Waals surface area contributed by atoms with Crippen LogP contribution >= 0.6 is 23.5 Å². The van der Waals surface area contributed by atoms with E-state index >= 15 is 0 Å². The summed E-state index contributed by atoms with van der Waals surface area (Å²) in [6, 6.07) is 19.4. The molecular weight excluding hydrogens is 432 g/mol. The van der Waals surface area contributed by atoms with Crippen LogP contribution in [0.1, 0.15) is 43.2 Å². The second kappa shape index (κ2) is 9.94. The molecule has 1 aliphatic carbocycles. The van der Waals surface area contributed by atoms with Crippen LogP contribution in [0.15, 0.2) is 86.7 Å². The van der Waals surface area contributed by atoms with Gasteiger partial charge in [0.1, 0.15) is 17.4 Å². The predicted octanol–water partition coefficient (Wildman–Crippen LogP) is 7.10. The summed E-state index contributed by atoms with van der Waals surface area (Å²) in [4.78, 5) is 2.45. The second-order valence-corrected chi connectivity index (χ2v) is 9.94. The number of hydrogen-bond acceptors (Lipinski definition) is 5. The van der Waals surface area contributed by atoms with E-state index in [1.165, 1.54) is 20.9 Å². The molecule has 5 heteroatoms. The van der Waals surface area contributed by atoms with Crippen LogP contribution in [0.5, 0.6) is 0 Å². The van der Waals surface area contributed by atoms with Gasteiger partial charge in [0, 0.05) is 15.7 Å². The van der Waals surface area contributed by atoms with E-state index in [1.807, 2.05) is 0 Å². The summed E-state index contributed by atoms with van der Waals surface area (Å²) in [5.41, 5.74) is 11.4. The molecule has 0 amide bonds. The van der Waals surface area contributed by atoms with Gasteiger partial charge >= 0.3 is 0 Å². The van der Waals surface area contributed by atoms with E-state index in [-0.39, 0.29) is 11.8 Å². The standard InChI is InChI=1S/C27H28N2OS2/c1-4-17-13-20(14-18-5-9-21(31-2)10-6-18)26-23(15-17)25(24(16-28)27(29)30-26)19-7-11-22(32-3)12-8-19/h5-12,14,17,25H,4,13,15,29H2,1-3H3/b20-14+. The fourth-order valence-electron chi connectivity index (χ4n) is 4.55. The van der Waals surface area contributed by atoms with E-state index in [1.54, 1.807) is 23.5 Å². The van der Waals surface area contributed by atoms with Crippen molar-refractivity contribution in [3.05, 3.63) is 88.0 Å². The number of nitriles is 1. The molecule has 1 heterocycles. The minimum Gasteiger partial charge on any atom is -0.440 e. The maximum atomic E-state index is 9.95. The van der Waals surface area contributed by atoms with Crippen molar-refractivity contribution in [2.24, 2.45) is 11.7 Å². The number of benzene rings is 2. The topological polar surface area (TPSA) is 59.0 Å². The predicted molar refractivity (Wildman–Crippen MR) is 135 cm³/mol. The van der Waals surface area contributed by atoms with Crippen LogP contribution < -0.4 is 5.73 Å². The highest BCUT2D eigenvalue weighted by molar-refractivity contribution is 7.98. The third kappa shape index (κ3) is 4.48. The largest absolute Gasteiger partial charge is 0.440 e.